The van der Waals surface area contributed by atoms with Gasteiger partial charge in [0.15, 0.2) is 0 Å². The van der Waals surface area contributed by atoms with Crippen molar-refractivity contribution in [1.82, 2.24) is 9.55 Å². The molecule has 7 heteroatoms. The number of benzene rings is 1. The summed E-state index contributed by atoms with van der Waals surface area (Å²) in [4.78, 5) is 14.3. The van der Waals surface area contributed by atoms with Crippen LogP contribution in [-0.4, -0.2) is 14.5 Å². The van der Waals surface area contributed by atoms with E-state index in [1.807, 2.05) is 18.2 Å². The number of nitrogens with zero attached hydrogens (tertiary/aromatic N) is 3. The Hall–Kier alpha value is -2.57. The van der Waals surface area contributed by atoms with Crippen molar-refractivity contribution in [1.29, 1.82) is 0 Å². The molecule has 1 unspecified atom stereocenters. The number of nitrogen functional groups attached to an aromatic ring is 1. The molecule has 0 saturated carbocycles. The smallest absolute Gasteiger partial charge is 0.399 e. The molecule has 1 aromatic heterocycles. The molecule has 1 aromatic carbocycles. The summed E-state index contributed by atoms with van der Waals surface area (Å²) >= 11 is 0. The van der Waals surface area contributed by atoms with E-state index in [1.165, 1.54) is 11.9 Å². The van der Waals surface area contributed by atoms with Crippen LogP contribution in [-0.2, 0) is 13.5 Å². The van der Waals surface area contributed by atoms with Crippen LogP contribution >= 0.6 is 0 Å². The lowest BCUT2D eigenvalue weighted by Gasteiger charge is -2.15. The van der Waals surface area contributed by atoms with E-state index in [1.54, 1.807) is 11.6 Å². The van der Waals surface area contributed by atoms with E-state index in [4.69, 9.17) is 5.73 Å². The van der Waals surface area contributed by atoms with Crippen LogP contribution in [0.4, 0.5) is 17.3 Å². The van der Waals surface area contributed by atoms with Crippen molar-refractivity contribution < 1.29 is 4.92 Å². The van der Waals surface area contributed by atoms with Crippen LogP contribution in [0, 0.1) is 10.1 Å². The number of hydrogen-bond acceptors (Lipinski definition) is 5. The molecule has 0 spiro atoms. The normalized spacial score (nSPS) is 16.9. The molecule has 0 amide bonds. The molecule has 3 N–H and O–H groups in total. The minimum absolute atomic E-state index is 0.0553. The maximum Gasteiger partial charge on any atom is 0.406 e. The standard InChI is InChI=1S/C13H15N5O2/c1-17-7-15-12(18(19)20)13(17)16-11-5-2-8-6-9(14)3-4-10(8)11/h3-4,6-7,11,16H,2,5,14H2,1H3. The summed E-state index contributed by atoms with van der Waals surface area (Å²) in [6, 6.07) is 5.86. The number of imidazole rings is 1. The predicted octanol–water partition coefficient (Wildman–Crippen LogP) is 2.01. The van der Waals surface area contributed by atoms with Gasteiger partial charge in [-0.1, -0.05) is 6.07 Å². The first kappa shape index (κ1) is 12.5. The van der Waals surface area contributed by atoms with Crippen molar-refractivity contribution in [2.24, 2.45) is 7.05 Å². The van der Waals surface area contributed by atoms with Crippen molar-refractivity contribution in [2.75, 3.05) is 11.1 Å². The number of nitro groups is 1. The SMILES string of the molecule is Cn1cnc([N+](=O)[O-])c1NC1CCc2cc(N)ccc21. The van der Waals surface area contributed by atoms with Gasteiger partial charge in [-0.3, -0.25) is 4.57 Å². The van der Waals surface area contributed by atoms with Gasteiger partial charge in [0.1, 0.15) is 0 Å². The third-order valence-electron chi connectivity index (χ3n) is 3.65. The zero-order chi connectivity index (χ0) is 14.3. The third-order valence-corrected chi connectivity index (χ3v) is 3.65. The molecule has 0 bridgehead atoms. The van der Waals surface area contributed by atoms with E-state index in [0.29, 0.717) is 5.82 Å². The fourth-order valence-electron chi connectivity index (χ4n) is 2.67. The highest BCUT2D eigenvalue weighted by molar-refractivity contribution is 5.56. The van der Waals surface area contributed by atoms with Gasteiger partial charge in [0, 0.05) is 12.7 Å². The quantitative estimate of drug-likeness (QED) is 0.506. The van der Waals surface area contributed by atoms with Gasteiger partial charge in [0.05, 0.1) is 6.04 Å². The number of nitrogens with one attached hydrogen (secondary N) is 1. The number of aryl methyl sites for hydroxylation is 2. The van der Waals surface area contributed by atoms with Gasteiger partial charge in [0.2, 0.25) is 12.1 Å². The number of rotatable bonds is 3. The van der Waals surface area contributed by atoms with E-state index >= 15 is 0 Å². The van der Waals surface area contributed by atoms with Crippen LogP contribution in [0.15, 0.2) is 24.5 Å². The summed E-state index contributed by atoms with van der Waals surface area (Å²) in [5.74, 6) is 0.293. The summed E-state index contributed by atoms with van der Waals surface area (Å²) in [7, 11) is 1.74. The van der Waals surface area contributed by atoms with Crippen molar-refractivity contribution in [3.8, 4) is 0 Å². The lowest BCUT2D eigenvalue weighted by Crippen LogP contribution is -2.11. The van der Waals surface area contributed by atoms with Gasteiger partial charge in [0.25, 0.3) is 0 Å². The molecular weight excluding hydrogens is 258 g/mol. The van der Waals surface area contributed by atoms with Gasteiger partial charge in [-0.05, 0) is 46.0 Å². The first-order chi connectivity index (χ1) is 9.56. The van der Waals surface area contributed by atoms with Gasteiger partial charge in [-0.25, -0.2) is 0 Å². The molecule has 104 valence electrons. The molecule has 1 atom stereocenters. The summed E-state index contributed by atoms with van der Waals surface area (Å²) in [5.41, 5.74) is 8.87. The van der Waals surface area contributed by atoms with Gasteiger partial charge >= 0.3 is 5.82 Å². The molecule has 3 rings (SSSR count). The highest BCUT2D eigenvalue weighted by atomic mass is 16.6. The van der Waals surface area contributed by atoms with E-state index < -0.39 is 4.92 Å². The van der Waals surface area contributed by atoms with Gasteiger partial charge < -0.3 is 21.2 Å². The second kappa shape index (κ2) is 4.52. The molecular formula is C13H15N5O2. The Morgan fingerprint density at radius 3 is 3.10 bits per heavy atom. The molecule has 1 aliphatic carbocycles. The Kier molecular flexibility index (Phi) is 2.81. The Morgan fingerprint density at radius 1 is 1.55 bits per heavy atom. The second-order valence-electron chi connectivity index (χ2n) is 4.98. The van der Waals surface area contributed by atoms with Crippen LogP contribution in [0.5, 0.6) is 0 Å². The Labute approximate surface area is 115 Å². The largest absolute Gasteiger partial charge is 0.406 e. The van der Waals surface area contributed by atoms with Crippen LogP contribution in [0.1, 0.15) is 23.6 Å². The number of nitrogens with two attached hydrogens (primary N) is 1. The summed E-state index contributed by atoms with van der Waals surface area (Å²) in [6.07, 6.45) is 3.25. The van der Waals surface area contributed by atoms with Crippen LogP contribution in [0.2, 0.25) is 0 Å². The molecule has 0 fully saturated rings. The molecule has 2 aromatic rings. The fourth-order valence-corrected chi connectivity index (χ4v) is 2.67. The number of hydrogen-bond donors (Lipinski definition) is 2. The van der Waals surface area contributed by atoms with Crippen LogP contribution in [0.3, 0.4) is 0 Å². The van der Waals surface area contributed by atoms with Gasteiger partial charge in [-0.15, -0.1) is 0 Å². The molecule has 1 aliphatic rings. The van der Waals surface area contributed by atoms with Crippen molar-refractivity contribution in [2.45, 2.75) is 18.9 Å². The first-order valence-corrected chi connectivity index (χ1v) is 6.37. The minimum Gasteiger partial charge on any atom is -0.399 e. The zero-order valence-corrected chi connectivity index (χ0v) is 11.0. The molecule has 0 radical (unpaired) electrons. The third kappa shape index (κ3) is 1.97. The topological polar surface area (TPSA) is 99.0 Å². The van der Waals surface area contributed by atoms with Crippen molar-refractivity contribution in [3.63, 3.8) is 0 Å². The molecule has 7 nitrogen and oxygen atoms in total. The number of fused-ring (bicyclic) bond motifs is 1. The number of aromatic nitrogens is 2. The Balaban J connectivity index is 1.91. The maximum absolute atomic E-state index is 11.0. The van der Waals surface area contributed by atoms with E-state index in [-0.39, 0.29) is 11.9 Å². The van der Waals surface area contributed by atoms with Gasteiger partial charge in [-0.2, -0.15) is 0 Å². The molecule has 20 heavy (non-hydrogen) atoms. The van der Waals surface area contributed by atoms with E-state index in [2.05, 4.69) is 10.3 Å². The fraction of sp³-hybridized carbons (Fsp3) is 0.308. The average Bonchev–Trinajstić information content (AvgIpc) is 2.95. The van der Waals surface area contributed by atoms with E-state index in [0.717, 1.165) is 24.1 Å². The predicted molar refractivity (Wildman–Crippen MR) is 75.4 cm³/mol. The molecule has 0 saturated heterocycles. The van der Waals surface area contributed by atoms with Crippen LogP contribution in [0.25, 0.3) is 0 Å². The van der Waals surface area contributed by atoms with E-state index in [9.17, 15) is 10.1 Å². The van der Waals surface area contributed by atoms with Crippen molar-refractivity contribution >= 4 is 17.3 Å². The summed E-state index contributed by atoms with van der Waals surface area (Å²) in [6.45, 7) is 0. The highest BCUT2D eigenvalue weighted by Gasteiger charge is 2.27. The second-order valence-corrected chi connectivity index (χ2v) is 4.98. The maximum atomic E-state index is 11.0. The molecule has 1 heterocycles. The zero-order valence-electron chi connectivity index (χ0n) is 11.0. The molecule has 0 aliphatic heterocycles. The highest BCUT2D eigenvalue weighted by Crippen LogP contribution is 2.36. The minimum atomic E-state index is -0.471. The van der Waals surface area contributed by atoms with Crippen LogP contribution < -0.4 is 11.1 Å². The summed E-state index contributed by atoms with van der Waals surface area (Å²) in [5, 5.41) is 14.2. The lowest BCUT2D eigenvalue weighted by molar-refractivity contribution is -0.388. The number of anilines is 2. The van der Waals surface area contributed by atoms with Crippen molar-refractivity contribution in [3.05, 3.63) is 45.8 Å². The Bertz CT molecular complexity index is 679. The first-order valence-electron chi connectivity index (χ1n) is 6.37. The lowest BCUT2D eigenvalue weighted by atomic mass is 10.1. The summed E-state index contributed by atoms with van der Waals surface area (Å²) < 4.78 is 1.63. The monoisotopic (exact) mass is 273 g/mol. The Morgan fingerprint density at radius 2 is 2.35 bits per heavy atom. The average molecular weight is 273 g/mol.